The molecule has 34 heteroatoms. The van der Waals surface area contributed by atoms with Crippen LogP contribution in [0.5, 0.6) is 11.5 Å². The van der Waals surface area contributed by atoms with Gasteiger partial charge >= 0.3 is 23.9 Å². The first-order valence-corrected chi connectivity index (χ1v) is 44.5. The fourth-order valence-electron chi connectivity index (χ4n) is 12.7. The molecule has 0 heterocycles. The number of aromatic carboxylic acids is 2. The monoisotopic (exact) mass is 1770 g/mol. The normalized spacial score (nSPS) is 12.3. The molecule has 34 nitrogen and oxygen atoms in total. The Bertz CT molecular complexity index is 3460. The van der Waals surface area contributed by atoms with E-state index in [-0.39, 0.29) is 255 Å². The predicted molar refractivity (Wildman–Crippen MR) is 466 cm³/mol. The highest BCUT2D eigenvalue weighted by Crippen LogP contribution is 2.28. The van der Waals surface area contributed by atoms with E-state index in [1.165, 1.54) is 31.2 Å². The first-order chi connectivity index (χ1) is 60.0. The molecule has 0 fully saturated rings. The van der Waals surface area contributed by atoms with Crippen molar-refractivity contribution in [2.24, 2.45) is 23.2 Å². The second-order valence-corrected chi connectivity index (χ2v) is 32.0. The Morgan fingerprint density at radius 2 is 0.720 bits per heavy atom. The molecule has 5 amide bonds. The number of rotatable bonds is 85. The van der Waals surface area contributed by atoms with Crippen LogP contribution in [0, 0.1) is 23.2 Å². The number of hydrogen-bond donors (Lipinski definition) is 9. The van der Waals surface area contributed by atoms with Gasteiger partial charge in [0.15, 0.2) is 5.78 Å². The average molecular weight is 1780 g/mol. The number of carbonyl (C=O) groups is 15. The number of ether oxygens (including phenoxy) is 10. The summed E-state index contributed by atoms with van der Waals surface area (Å²) in [6, 6.07) is 11.4. The van der Waals surface area contributed by atoms with E-state index in [0.29, 0.717) is 115 Å². The first-order valence-electron chi connectivity index (χ1n) is 44.5. The van der Waals surface area contributed by atoms with Crippen LogP contribution in [-0.4, -0.2) is 260 Å². The van der Waals surface area contributed by atoms with E-state index in [4.69, 9.17) is 57.6 Å². The quantitative estimate of drug-likeness (QED) is 0.0278. The Morgan fingerprint density at radius 3 is 1.17 bits per heavy atom. The SMILES string of the molecule is CC(=O)[C@H](CCCCNC(=O)COCCOCCCC(=O)COCCOCCNC(=O)CC[C@H](CC(=O)CCCCCCCCCOc1ccc(C(=O)O)cc1)C(=O)O)CC(=O)[C@H](CCCCNC(=O)COCCOCCNC(=O)COCCOCCCC(=O)CC[C@H](NC(=O)CCCCCCCCCOc1ccc(C(=O)O)cc1)C(=O)O)CC(=O)C(C)(C)C.[HH].[HH]. The molecule has 0 bridgehead atoms. The van der Waals surface area contributed by atoms with Crippen LogP contribution in [0.4, 0.5) is 0 Å². The zero-order chi connectivity index (χ0) is 91.9. The number of carbonyl (C=O) groups excluding carboxylic acids is 11. The topological polar surface area (TPSA) is 489 Å². The molecule has 2 aromatic rings. The van der Waals surface area contributed by atoms with Gasteiger partial charge in [-0.1, -0.05) is 97.8 Å². The highest BCUT2D eigenvalue weighted by Gasteiger charge is 2.31. The second kappa shape index (κ2) is 72.0. The minimum absolute atomic E-state index is 0. The summed E-state index contributed by atoms with van der Waals surface area (Å²) in [4.78, 5) is 184. The molecular weight excluding hydrogens is 1630 g/mol. The molecule has 2 aromatic carbocycles. The number of unbranched alkanes of at least 4 members (excludes halogenated alkanes) is 14. The third-order valence-electron chi connectivity index (χ3n) is 20.2. The lowest BCUT2D eigenvalue weighted by Gasteiger charge is -2.23. The second-order valence-electron chi connectivity index (χ2n) is 32.0. The number of benzene rings is 2. The lowest BCUT2D eigenvalue weighted by atomic mass is 9.79. The summed E-state index contributed by atoms with van der Waals surface area (Å²) in [6.07, 6.45) is 17.2. The number of ketones is 6. The van der Waals surface area contributed by atoms with Crippen molar-refractivity contribution >= 4 is 88.1 Å². The Balaban J connectivity index is 0.0000794. The average Bonchev–Trinajstić information content (AvgIpc) is 0.875. The summed E-state index contributed by atoms with van der Waals surface area (Å²) in [5, 5.41) is 50.7. The molecule has 0 aliphatic carbocycles. The minimum atomic E-state index is -1.20. The predicted octanol–water partition coefficient (Wildman–Crippen LogP) is 10.5. The van der Waals surface area contributed by atoms with Crippen molar-refractivity contribution in [3.05, 3.63) is 59.7 Å². The third kappa shape index (κ3) is 62.7. The van der Waals surface area contributed by atoms with E-state index in [0.717, 1.165) is 77.0 Å². The van der Waals surface area contributed by atoms with Crippen LogP contribution in [0.3, 0.4) is 0 Å². The summed E-state index contributed by atoms with van der Waals surface area (Å²) >= 11 is 0. The van der Waals surface area contributed by atoms with Gasteiger partial charge in [0.2, 0.25) is 29.5 Å². The lowest BCUT2D eigenvalue weighted by molar-refractivity contribution is -0.144. The van der Waals surface area contributed by atoms with Gasteiger partial charge in [-0.2, -0.15) is 0 Å². The maximum atomic E-state index is 13.8. The summed E-state index contributed by atoms with van der Waals surface area (Å²) < 4.78 is 54.9. The van der Waals surface area contributed by atoms with Gasteiger partial charge in [0.05, 0.1) is 96.3 Å². The highest BCUT2D eigenvalue weighted by atomic mass is 16.5. The number of nitrogens with one attached hydrogen (secondary N) is 5. The fraction of sp³-hybridized carbons (Fsp3) is 0.703. The molecule has 0 saturated heterocycles. The van der Waals surface area contributed by atoms with E-state index < -0.39 is 53.1 Å². The number of aliphatic carboxylic acids is 2. The minimum Gasteiger partial charge on any atom is -0.494 e. The van der Waals surface area contributed by atoms with Crippen LogP contribution in [0.25, 0.3) is 0 Å². The van der Waals surface area contributed by atoms with Crippen molar-refractivity contribution in [1.29, 1.82) is 0 Å². The van der Waals surface area contributed by atoms with Crippen molar-refractivity contribution in [3.63, 3.8) is 0 Å². The molecule has 0 aromatic heterocycles. The lowest BCUT2D eigenvalue weighted by Crippen LogP contribution is -2.41. The van der Waals surface area contributed by atoms with Crippen LogP contribution in [0.2, 0.25) is 0 Å². The van der Waals surface area contributed by atoms with E-state index in [1.54, 1.807) is 45.0 Å². The van der Waals surface area contributed by atoms with Crippen LogP contribution >= 0.6 is 0 Å². The zero-order valence-electron chi connectivity index (χ0n) is 74.3. The van der Waals surface area contributed by atoms with Gasteiger partial charge in [0, 0.05) is 117 Å². The molecule has 0 saturated carbocycles. The Hall–Kier alpha value is -9.03. The summed E-state index contributed by atoms with van der Waals surface area (Å²) in [5.41, 5.74) is -0.266. The molecule has 0 radical (unpaired) electrons. The van der Waals surface area contributed by atoms with Crippen LogP contribution in [0.1, 0.15) is 263 Å². The molecular formula is C91H147N5O29. The van der Waals surface area contributed by atoms with Gasteiger partial charge in [-0.05, 0) is 133 Å². The highest BCUT2D eigenvalue weighted by molar-refractivity contribution is 5.93. The number of hydrogen-bond acceptors (Lipinski definition) is 25. The number of amides is 5. The van der Waals surface area contributed by atoms with Crippen molar-refractivity contribution < 1.29 is 143 Å². The maximum Gasteiger partial charge on any atom is 0.335 e. The third-order valence-corrected chi connectivity index (χ3v) is 20.2. The van der Waals surface area contributed by atoms with Gasteiger partial charge in [0.25, 0.3) is 0 Å². The van der Waals surface area contributed by atoms with E-state index in [9.17, 15) is 82.1 Å². The van der Waals surface area contributed by atoms with E-state index >= 15 is 0 Å². The first kappa shape index (κ1) is 112. The van der Waals surface area contributed by atoms with Crippen molar-refractivity contribution in [2.75, 3.05) is 145 Å². The smallest absolute Gasteiger partial charge is 0.335 e. The standard InChI is InChI=1S/C91H143N5O29.2H2/c1-68(97)71(25-17-19-43-92-84(105)65-121-58-54-117-48-24-29-76(100)64-120-57-55-118-51-45-94-82(103)42-35-73(89(112)113)61-75(99)27-15-11-7-5-9-13-21-49-124-77-37-31-69(32-38-77)87(108)109)62-80(101)72(63-81(102)91(2,3)4)26-18-20-44-93-85(106)66-123-60-56-119-52-46-95-86(107)67-122-59-53-116-47-23-28-74(98)36-41-79(90(114)115)96-83(104)30-16-12-8-6-10-14-22-50-125-78-39-33-70(34-40-78)88(110)111;;/h31-34,37-40,71-73,79H,5-30,35-36,41-67H2,1-4H3,(H,92,105)(H,93,106)(H,94,103)(H,95,107)(H,96,104)(H,108,109)(H,110,111)(H,112,113)(H,114,115);2*1H/t71-,72-,73-,79+;;/m1../s1. The van der Waals surface area contributed by atoms with Gasteiger partial charge in [0.1, 0.15) is 72.9 Å². The summed E-state index contributed by atoms with van der Waals surface area (Å²) in [6.45, 7) is 10.5. The van der Waals surface area contributed by atoms with Crippen LogP contribution in [0.15, 0.2) is 48.5 Å². The molecule has 0 spiro atoms. The maximum absolute atomic E-state index is 13.8. The largest absolute Gasteiger partial charge is 0.494 e. The van der Waals surface area contributed by atoms with Crippen molar-refractivity contribution in [1.82, 2.24) is 26.6 Å². The van der Waals surface area contributed by atoms with Crippen molar-refractivity contribution in [2.45, 2.75) is 246 Å². The molecule has 710 valence electrons. The van der Waals surface area contributed by atoms with E-state index in [2.05, 4.69) is 26.6 Å². The zero-order valence-corrected chi connectivity index (χ0v) is 74.3. The molecule has 125 heavy (non-hydrogen) atoms. The number of Topliss-reactive ketones (excluding diaryl/α,β-unsaturated/α-hetero) is 6. The molecule has 0 aliphatic rings. The van der Waals surface area contributed by atoms with Gasteiger partial charge in [-0.3, -0.25) is 57.5 Å². The summed E-state index contributed by atoms with van der Waals surface area (Å²) in [7, 11) is 0. The molecule has 2 rings (SSSR count). The van der Waals surface area contributed by atoms with Crippen LogP contribution < -0.4 is 36.1 Å². The fourth-order valence-corrected chi connectivity index (χ4v) is 12.7. The number of carboxylic acids is 4. The van der Waals surface area contributed by atoms with Crippen LogP contribution in [-0.2, 0) is 100 Å². The summed E-state index contributed by atoms with van der Waals surface area (Å²) in [5.74, 6) is -7.66. The molecule has 9 N–H and O–H groups in total. The molecule has 0 unspecified atom stereocenters. The van der Waals surface area contributed by atoms with Gasteiger partial charge in [-0.25, -0.2) is 14.4 Å². The Morgan fingerprint density at radius 1 is 0.320 bits per heavy atom. The molecule has 4 atom stereocenters. The Labute approximate surface area is 739 Å². The van der Waals surface area contributed by atoms with Gasteiger partial charge < -0.3 is 94.4 Å². The van der Waals surface area contributed by atoms with E-state index in [1.807, 2.05) is 0 Å². The van der Waals surface area contributed by atoms with Gasteiger partial charge in [-0.15, -0.1) is 0 Å². The van der Waals surface area contributed by atoms with Crippen molar-refractivity contribution in [3.8, 4) is 11.5 Å². The molecule has 0 aliphatic heterocycles. The number of carboxylic acid groups (broad SMARTS) is 4. The Kier molecular flexibility index (Phi) is 64.6.